The van der Waals surface area contributed by atoms with Crippen molar-refractivity contribution in [1.82, 2.24) is 5.43 Å². The van der Waals surface area contributed by atoms with Gasteiger partial charge in [-0.2, -0.15) is 5.10 Å². The van der Waals surface area contributed by atoms with E-state index in [0.717, 1.165) is 5.56 Å². The van der Waals surface area contributed by atoms with Gasteiger partial charge in [0.1, 0.15) is 5.75 Å². The van der Waals surface area contributed by atoms with Crippen LogP contribution >= 0.6 is 23.2 Å². The minimum absolute atomic E-state index is 0.166. The number of nitrogens with one attached hydrogen (secondary N) is 1. The third-order valence-corrected chi connectivity index (χ3v) is 3.00. The summed E-state index contributed by atoms with van der Waals surface area (Å²) in [5.41, 5.74) is 3.39. The van der Waals surface area contributed by atoms with E-state index in [1.807, 2.05) is 0 Å². The molecule has 0 fully saturated rings. The lowest BCUT2D eigenvalue weighted by atomic mass is 10.2. The molecule has 102 valence electrons. The lowest BCUT2D eigenvalue weighted by Crippen LogP contribution is -2.17. The molecule has 2 N–H and O–H groups in total. The van der Waals surface area contributed by atoms with Gasteiger partial charge in [0, 0.05) is 5.02 Å². The molecule has 2 aromatic carbocycles. The summed E-state index contributed by atoms with van der Waals surface area (Å²) in [5.74, 6) is -0.263. The fourth-order valence-electron chi connectivity index (χ4n) is 1.46. The molecule has 0 bridgehead atoms. The largest absolute Gasteiger partial charge is 0.508 e. The van der Waals surface area contributed by atoms with Gasteiger partial charge in [-0.3, -0.25) is 4.79 Å². The van der Waals surface area contributed by atoms with Gasteiger partial charge < -0.3 is 5.11 Å². The van der Waals surface area contributed by atoms with E-state index in [4.69, 9.17) is 28.3 Å². The maximum Gasteiger partial charge on any atom is 0.272 e. The molecule has 2 aromatic rings. The van der Waals surface area contributed by atoms with Crippen LogP contribution in [0, 0.1) is 0 Å². The predicted octanol–water partition coefficient (Wildman–Crippen LogP) is 3.46. The average molecular weight is 309 g/mol. The number of rotatable bonds is 3. The van der Waals surface area contributed by atoms with Crippen molar-refractivity contribution >= 4 is 35.3 Å². The van der Waals surface area contributed by atoms with E-state index in [2.05, 4.69) is 10.5 Å². The summed E-state index contributed by atoms with van der Waals surface area (Å²) in [7, 11) is 0. The molecule has 0 heterocycles. The fraction of sp³-hybridized carbons (Fsp3) is 0. The molecule has 0 unspecified atom stereocenters. The minimum atomic E-state index is -0.429. The van der Waals surface area contributed by atoms with Crippen LogP contribution in [0.15, 0.2) is 47.6 Å². The Morgan fingerprint density at radius 3 is 2.50 bits per heavy atom. The molecule has 4 nitrogen and oxygen atoms in total. The van der Waals surface area contributed by atoms with Crippen molar-refractivity contribution in [1.29, 1.82) is 0 Å². The summed E-state index contributed by atoms with van der Waals surface area (Å²) in [6.07, 6.45) is 1.46. The van der Waals surface area contributed by atoms with E-state index >= 15 is 0 Å². The molecule has 1 amide bonds. The van der Waals surface area contributed by atoms with Crippen molar-refractivity contribution in [3.63, 3.8) is 0 Å². The molecule has 20 heavy (non-hydrogen) atoms. The monoisotopic (exact) mass is 308 g/mol. The second-order valence-corrected chi connectivity index (χ2v) is 4.76. The van der Waals surface area contributed by atoms with Crippen LogP contribution in [0.3, 0.4) is 0 Å². The first kappa shape index (κ1) is 14.4. The van der Waals surface area contributed by atoms with Gasteiger partial charge in [-0.15, -0.1) is 0 Å². The molecule has 0 spiro atoms. The van der Waals surface area contributed by atoms with Crippen molar-refractivity contribution in [3.05, 3.63) is 63.6 Å². The van der Waals surface area contributed by atoms with Crippen LogP contribution in [-0.2, 0) is 0 Å². The molecular formula is C14H10Cl2N2O2. The molecule has 0 atom stereocenters. The van der Waals surface area contributed by atoms with Crippen LogP contribution in [0.2, 0.25) is 10.0 Å². The summed E-state index contributed by atoms with van der Waals surface area (Å²) in [5, 5.41) is 13.7. The summed E-state index contributed by atoms with van der Waals surface area (Å²) >= 11 is 11.7. The molecule has 2 rings (SSSR count). The van der Waals surface area contributed by atoms with Gasteiger partial charge in [0.05, 0.1) is 16.8 Å². The minimum Gasteiger partial charge on any atom is -0.508 e. The standard InChI is InChI=1S/C14H10Cl2N2O2/c15-10-3-6-12(13(16)7-10)14(20)18-17-8-9-1-4-11(19)5-2-9/h1-8,19H,(H,18,20)/b17-8+. The second kappa shape index (κ2) is 6.41. The first-order valence-electron chi connectivity index (χ1n) is 5.64. The van der Waals surface area contributed by atoms with Crippen LogP contribution in [0.4, 0.5) is 0 Å². The quantitative estimate of drug-likeness (QED) is 0.674. The van der Waals surface area contributed by atoms with E-state index in [-0.39, 0.29) is 10.8 Å². The van der Waals surface area contributed by atoms with E-state index in [1.54, 1.807) is 18.2 Å². The third kappa shape index (κ3) is 3.73. The van der Waals surface area contributed by atoms with E-state index < -0.39 is 5.91 Å². The molecule has 0 aliphatic carbocycles. The fourth-order valence-corrected chi connectivity index (χ4v) is 1.95. The van der Waals surface area contributed by atoms with Gasteiger partial charge in [0.25, 0.3) is 5.91 Å². The number of benzene rings is 2. The van der Waals surface area contributed by atoms with Crippen LogP contribution in [-0.4, -0.2) is 17.2 Å². The zero-order valence-electron chi connectivity index (χ0n) is 10.2. The van der Waals surface area contributed by atoms with Gasteiger partial charge in [0.15, 0.2) is 0 Å². The Kier molecular flexibility index (Phi) is 4.61. The molecule has 0 aliphatic heterocycles. The Balaban J connectivity index is 2.03. The first-order chi connectivity index (χ1) is 9.56. The Labute approximate surface area is 125 Å². The number of halogens is 2. The van der Waals surface area contributed by atoms with Gasteiger partial charge >= 0.3 is 0 Å². The highest BCUT2D eigenvalue weighted by molar-refractivity contribution is 6.36. The molecule has 6 heteroatoms. The van der Waals surface area contributed by atoms with Crippen molar-refractivity contribution in [2.24, 2.45) is 5.10 Å². The number of carbonyl (C=O) groups excluding carboxylic acids is 1. The molecular weight excluding hydrogens is 299 g/mol. The lowest BCUT2D eigenvalue weighted by molar-refractivity contribution is 0.0955. The van der Waals surface area contributed by atoms with Crippen molar-refractivity contribution < 1.29 is 9.90 Å². The highest BCUT2D eigenvalue weighted by Crippen LogP contribution is 2.20. The van der Waals surface area contributed by atoms with Gasteiger partial charge in [0.2, 0.25) is 0 Å². The lowest BCUT2D eigenvalue weighted by Gasteiger charge is -2.02. The van der Waals surface area contributed by atoms with Crippen molar-refractivity contribution in [2.45, 2.75) is 0 Å². The van der Waals surface area contributed by atoms with Gasteiger partial charge in [-0.25, -0.2) is 5.43 Å². The number of amides is 1. The number of phenolic OH excluding ortho intramolecular Hbond substituents is 1. The normalized spacial score (nSPS) is 10.7. The number of hydrogen-bond acceptors (Lipinski definition) is 3. The summed E-state index contributed by atoms with van der Waals surface area (Å²) in [6, 6.07) is 11.0. The van der Waals surface area contributed by atoms with Crippen molar-refractivity contribution in [2.75, 3.05) is 0 Å². The Bertz CT molecular complexity index is 655. The topological polar surface area (TPSA) is 61.7 Å². The maximum absolute atomic E-state index is 11.8. The number of hydrogen-bond donors (Lipinski definition) is 2. The Hall–Kier alpha value is -2.04. The van der Waals surface area contributed by atoms with Crippen molar-refractivity contribution in [3.8, 4) is 5.75 Å². The van der Waals surface area contributed by atoms with E-state index in [1.165, 1.54) is 30.5 Å². The zero-order valence-corrected chi connectivity index (χ0v) is 11.7. The molecule has 0 radical (unpaired) electrons. The maximum atomic E-state index is 11.8. The molecule has 0 saturated heterocycles. The number of phenols is 1. The first-order valence-corrected chi connectivity index (χ1v) is 6.39. The number of carbonyl (C=O) groups is 1. The summed E-state index contributed by atoms with van der Waals surface area (Å²) in [4.78, 5) is 11.8. The van der Waals surface area contributed by atoms with E-state index in [9.17, 15) is 4.79 Å². The zero-order chi connectivity index (χ0) is 14.5. The summed E-state index contributed by atoms with van der Waals surface area (Å²) in [6.45, 7) is 0. The highest BCUT2D eigenvalue weighted by Gasteiger charge is 2.09. The third-order valence-electron chi connectivity index (χ3n) is 2.45. The van der Waals surface area contributed by atoms with Crippen LogP contribution in [0.5, 0.6) is 5.75 Å². The van der Waals surface area contributed by atoms with Gasteiger partial charge in [-0.05, 0) is 48.0 Å². The highest BCUT2D eigenvalue weighted by atomic mass is 35.5. The van der Waals surface area contributed by atoms with Gasteiger partial charge in [-0.1, -0.05) is 23.2 Å². The number of hydrazone groups is 1. The summed E-state index contributed by atoms with van der Waals surface area (Å²) < 4.78 is 0. The van der Waals surface area contributed by atoms with Crippen LogP contribution < -0.4 is 5.43 Å². The smallest absolute Gasteiger partial charge is 0.272 e. The van der Waals surface area contributed by atoms with Crippen LogP contribution in [0.1, 0.15) is 15.9 Å². The molecule has 0 saturated carbocycles. The molecule has 0 aliphatic rings. The van der Waals surface area contributed by atoms with Crippen LogP contribution in [0.25, 0.3) is 0 Å². The number of nitrogens with zero attached hydrogens (tertiary/aromatic N) is 1. The Morgan fingerprint density at radius 1 is 1.15 bits per heavy atom. The number of aromatic hydroxyl groups is 1. The van der Waals surface area contributed by atoms with E-state index in [0.29, 0.717) is 10.6 Å². The second-order valence-electron chi connectivity index (χ2n) is 3.91. The average Bonchev–Trinajstić information content (AvgIpc) is 2.41. The predicted molar refractivity (Wildman–Crippen MR) is 79.6 cm³/mol. The Morgan fingerprint density at radius 2 is 1.85 bits per heavy atom. The molecule has 0 aromatic heterocycles. The SMILES string of the molecule is O=C(N/N=C/c1ccc(O)cc1)c1ccc(Cl)cc1Cl.